The van der Waals surface area contributed by atoms with E-state index >= 15 is 0 Å². The summed E-state index contributed by atoms with van der Waals surface area (Å²) in [7, 11) is 1.83. The second-order valence-corrected chi connectivity index (χ2v) is 8.47. The highest BCUT2D eigenvalue weighted by Crippen LogP contribution is 2.56. The monoisotopic (exact) mass is 389 g/mol. The molecule has 1 spiro atoms. The topological polar surface area (TPSA) is 52.7 Å². The van der Waals surface area contributed by atoms with Gasteiger partial charge in [0, 0.05) is 30.0 Å². The number of fused-ring (bicyclic) bond motifs is 4. The summed E-state index contributed by atoms with van der Waals surface area (Å²) >= 11 is 0. The molecule has 29 heavy (non-hydrogen) atoms. The van der Waals surface area contributed by atoms with Crippen LogP contribution in [0.3, 0.4) is 0 Å². The average Bonchev–Trinajstić information content (AvgIpc) is 3.39. The Labute approximate surface area is 171 Å². The Morgan fingerprint density at radius 2 is 1.93 bits per heavy atom. The molecule has 5 rings (SSSR count). The molecule has 0 aliphatic carbocycles. The number of nitrogens with one attached hydrogen (secondary N) is 1. The zero-order valence-corrected chi connectivity index (χ0v) is 17.0. The van der Waals surface area contributed by atoms with E-state index in [4.69, 9.17) is 0 Å². The van der Waals surface area contributed by atoms with Gasteiger partial charge in [-0.2, -0.15) is 0 Å². The third-order valence-electron chi connectivity index (χ3n) is 7.10. The van der Waals surface area contributed by atoms with Crippen molar-refractivity contribution in [1.82, 2.24) is 4.90 Å². The lowest BCUT2D eigenvalue weighted by Crippen LogP contribution is -2.55. The number of anilines is 2. The van der Waals surface area contributed by atoms with Gasteiger partial charge in [0.15, 0.2) is 0 Å². The molecule has 3 atom stereocenters. The van der Waals surface area contributed by atoms with E-state index in [1.807, 2.05) is 55.6 Å². The van der Waals surface area contributed by atoms with Crippen molar-refractivity contribution in [3.8, 4) is 0 Å². The number of hydrogen-bond donors (Lipinski definition) is 1. The minimum absolute atomic E-state index is 0.0320. The summed E-state index contributed by atoms with van der Waals surface area (Å²) in [6.45, 7) is 2.98. The van der Waals surface area contributed by atoms with Crippen LogP contribution in [0.2, 0.25) is 0 Å². The van der Waals surface area contributed by atoms with Gasteiger partial charge in [-0.05, 0) is 56.0 Å². The van der Waals surface area contributed by atoms with Gasteiger partial charge in [-0.15, -0.1) is 0 Å². The van der Waals surface area contributed by atoms with Crippen LogP contribution < -0.4 is 10.2 Å². The molecule has 1 N–H and O–H groups in total. The number of aryl methyl sites for hydroxylation is 1. The fourth-order valence-electron chi connectivity index (χ4n) is 5.72. The third kappa shape index (κ3) is 2.50. The van der Waals surface area contributed by atoms with Crippen LogP contribution in [0.1, 0.15) is 37.3 Å². The summed E-state index contributed by atoms with van der Waals surface area (Å²) in [5, 5.41) is 3.11. The lowest BCUT2D eigenvalue weighted by molar-refractivity contribution is -0.136. The minimum atomic E-state index is -0.875. The number of hydrogen-bond acceptors (Lipinski definition) is 3. The summed E-state index contributed by atoms with van der Waals surface area (Å²) in [5.74, 6) is -0.413. The Bertz CT molecular complexity index is 970. The third-order valence-corrected chi connectivity index (χ3v) is 7.10. The Morgan fingerprint density at radius 1 is 1.17 bits per heavy atom. The van der Waals surface area contributed by atoms with Crippen molar-refractivity contribution in [3.63, 3.8) is 0 Å². The van der Waals surface area contributed by atoms with Gasteiger partial charge in [-0.25, -0.2) is 0 Å². The molecule has 0 bridgehead atoms. The first-order valence-corrected chi connectivity index (χ1v) is 10.6. The highest BCUT2D eigenvalue weighted by molar-refractivity contribution is 6.11. The van der Waals surface area contributed by atoms with Gasteiger partial charge in [0.05, 0.1) is 5.92 Å². The smallest absolute Gasteiger partial charge is 0.252 e. The van der Waals surface area contributed by atoms with Gasteiger partial charge in [0.1, 0.15) is 5.54 Å². The molecule has 0 saturated carbocycles. The van der Waals surface area contributed by atoms with E-state index < -0.39 is 11.5 Å². The van der Waals surface area contributed by atoms with Gasteiger partial charge >= 0.3 is 0 Å². The van der Waals surface area contributed by atoms with Crippen molar-refractivity contribution < 1.29 is 9.59 Å². The van der Waals surface area contributed by atoms with Crippen LogP contribution in [0.25, 0.3) is 0 Å². The molecule has 5 heteroatoms. The number of carbonyl (C=O) groups is 2. The average molecular weight is 389 g/mol. The Hall–Kier alpha value is -2.66. The van der Waals surface area contributed by atoms with Crippen molar-refractivity contribution in [2.75, 3.05) is 23.8 Å². The molecule has 0 aromatic heterocycles. The molecule has 0 unspecified atom stereocenters. The van der Waals surface area contributed by atoms with Gasteiger partial charge in [0.2, 0.25) is 5.91 Å². The maximum absolute atomic E-state index is 13.7. The summed E-state index contributed by atoms with van der Waals surface area (Å²) < 4.78 is 0. The number of nitrogens with zero attached hydrogens (tertiary/aromatic N) is 2. The van der Waals surface area contributed by atoms with Gasteiger partial charge in [0.25, 0.3) is 5.91 Å². The van der Waals surface area contributed by atoms with Crippen LogP contribution in [0.5, 0.6) is 0 Å². The molecule has 150 valence electrons. The van der Waals surface area contributed by atoms with E-state index in [1.54, 1.807) is 4.90 Å². The molecular formula is C24H27N3O2. The van der Waals surface area contributed by atoms with Crippen LogP contribution in [0.4, 0.5) is 11.4 Å². The normalized spacial score (nSPS) is 28.1. The fraction of sp³-hybridized carbons (Fsp3) is 0.417. The molecule has 2 aromatic carbocycles. The number of para-hydroxylation sites is 1. The number of likely N-dealkylation sites (N-methyl/N-ethyl adjacent to an activating group) is 1. The second kappa shape index (κ2) is 6.70. The maximum atomic E-state index is 13.7. The molecule has 2 amide bonds. The first kappa shape index (κ1) is 18.4. The number of carbonyl (C=O) groups excluding carboxylic acids is 2. The molecule has 2 aromatic rings. The summed E-state index contributed by atoms with van der Waals surface area (Å²) in [6.07, 6.45) is 3.83. The number of benzene rings is 2. The predicted octanol–water partition coefficient (Wildman–Crippen LogP) is 3.54. The van der Waals surface area contributed by atoms with E-state index in [0.717, 1.165) is 49.2 Å². The molecule has 2 saturated heterocycles. The van der Waals surface area contributed by atoms with E-state index in [1.165, 1.54) is 5.56 Å². The SMILES string of the molecule is CCc1ccc(NC(=O)[C@H]2C[C@H]3CCCN3[C@@]23C(=O)N(C)c2ccccc23)cc1. The van der Waals surface area contributed by atoms with Crippen LogP contribution in [0.15, 0.2) is 48.5 Å². The lowest BCUT2D eigenvalue weighted by Gasteiger charge is -2.37. The summed E-state index contributed by atoms with van der Waals surface area (Å²) in [6, 6.07) is 16.3. The van der Waals surface area contributed by atoms with Crippen LogP contribution in [-0.2, 0) is 21.5 Å². The van der Waals surface area contributed by atoms with Crippen molar-refractivity contribution in [3.05, 3.63) is 59.7 Å². The Balaban J connectivity index is 1.55. The zero-order chi connectivity index (χ0) is 20.2. The molecule has 3 heterocycles. The van der Waals surface area contributed by atoms with E-state index in [9.17, 15) is 9.59 Å². The summed E-state index contributed by atoms with van der Waals surface area (Å²) in [4.78, 5) is 31.3. The second-order valence-electron chi connectivity index (χ2n) is 8.47. The summed E-state index contributed by atoms with van der Waals surface area (Å²) in [5.41, 5.74) is 3.07. The zero-order valence-electron chi connectivity index (χ0n) is 17.0. The largest absolute Gasteiger partial charge is 0.326 e. The van der Waals surface area contributed by atoms with Gasteiger partial charge in [-0.1, -0.05) is 37.3 Å². The number of amides is 2. The minimum Gasteiger partial charge on any atom is -0.326 e. The first-order valence-electron chi connectivity index (χ1n) is 10.6. The van der Waals surface area contributed by atoms with E-state index in [2.05, 4.69) is 17.1 Å². The first-order chi connectivity index (χ1) is 14.1. The van der Waals surface area contributed by atoms with Crippen molar-refractivity contribution >= 4 is 23.2 Å². The quantitative estimate of drug-likeness (QED) is 0.874. The molecule has 3 aliphatic heterocycles. The molecule has 0 radical (unpaired) electrons. The van der Waals surface area contributed by atoms with Crippen molar-refractivity contribution in [2.45, 2.75) is 44.2 Å². The molecular weight excluding hydrogens is 362 g/mol. The number of rotatable bonds is 3. The lowest BCUT2D eigenvalue weighted by atomic mass is 9.78. The maximum Gasteiger partial charge on any atom is 0.252 e. The van der Waals surface area contributed by atoms with Gasteiger partial charge < -0.3 is 10.2 Å². The van der Waals surface area contributed by atoms with Crippen LogP contribution in [-0.4, -0.2) is 36.3 Å². The predicted molar refractivity (Wildman–Crippen MR) is 114 cm³/mol. The van der Waals surface area contributed by atoms with E-state index in [0.29, 0.717) is 0 Å². The van der Waals surface area contributed by atoms with Crippen molar-refractivity contribution in [1.29, 1.82) is 0 Å². The van der Waals surface area contributed by atoms with Crippen LogP contribution in [0, 0.1) is 5.92 Å². The standard InChI is InChI=1S/C24H27N3O2/c1-3-16-10-12-17(13-11-16)25-22(28)20-15-18-7-6-14-27(18)24(20)19-8-4-5-9-21(19)26(2)23(24)29/h4-5,8-13,18,20H,3,6-7,14-15H2,1-2H3,(H,25,28)/t18-,20-,24-/m1/s1. The Morgan fingerprint density at radius 3 is 2.69 bits per heavy atom. The fourth-order valence-corrected chi connectivity index (χ4v) is 5.72. The van der Waals surface area contributed by atoms with Crippen molar-refractivity contribution in [2.24, 2.45) is 5.92 Å². The molecule has 2 fully saturated rings. The van der Waals surface area contributed by atoms with Crippen LogP contribution >= 0.6 is 0 Å². The Kier molecular flexibility index (Phi) is 4.24. The highest BCUT2D eigenvalue weighted by Gasteiger charge is 2.66. The highest BCUT2D eigenvalue weighted by atomic mass is 16.2. The molecule has 5 nitrogen and oxygen atoms in total. The molecule has 3 aliphatic rings. The van der Waals surface area contributed by atoms with Gasteiger partial charge in [-0.3, -0.25) is 14.5 Å². The van der Waals surface area contributed by atoms with E-state index in [-0.39, 0.29) is 17.9 Å².